The molecule has 0 saturated heterocycles. The van der Waals surface area contributed by atoms with Crippen molar-refractivity contribution >= 4 is 5.71 Å². The van der Waals surface area contributed by atoms with Crippen LogP contribution >= 0.6 is 0 Å². The van der Waals surface area contributed by atoms with Crippen LogP contribution in [0.2, 0.25) is 0 Å². The lowest BCUT2D eigenvalue weighted by atomic mass is 10.1. The van der Waals surface area contributed by atoms with Gasteiger partial charge in [0.25, 0.3) is 0 Å². The third-order valence-electron chi connectivity index (χ3n) is 3.50. The first kappa shape index (κ1) is 12.7. The van der Waals surface area contributed by atoms with Gasteiger partial charge in [0.1, 0.15) is 12.4 Å². The molecular weight excluding hydrogens is 252 g/mol. The molecule has 0 unspecified atom stereocenters. The summed E-state index contributed by atoms with van der Waals surface area (Å²) in [5, 5.41) is 12.3. The fraction of sp³-hybridized carbons (Fsp3) is 0.250. The number of ether oxygens (including phenoxy) is 1. The monoisotopic (exact) mass is 268 g/mol. The second kappa shape index (κ2) is 5.33. The van der Waals surface area contributed by atoms with E-state index in [1.807, 2.05) is 43.3 Å². The number of benzene rings is 1. The summed E-state index contributed by atoms with van der Waals surface area (Å²) < 4.78 is 5.88. The van der Waals surface area contributed by atoms with Crippen molar-refractivity contribution < 1.29 is 9.94 Å². The van der Waals surface area contributed by atoms with Gasteiger partial charge < -0.3 is 9.94 Å². The molecule has 4 heteroatoms. The van der Waals surface area contributed by atoms with E-state index in [-0.39, 0.29) is 0 Å². The summed E-state index contributed by atoms with van der Waals surface area (Å²) in [6.07, 6.45) is 1.61. The summed E-state index contributed by atoms with van der Waals surface area (Å²) in [6, 6.07) is 11.7. The summed E-state index contributed by atoms with van der Waals surface area (Å²) >= 11 is 0. The molecule has 1 aliphatic rings. The Balaban J connectivity index is 1.81. The van der Waals surface area contributed by atoms with Crippen LogP contribution in [-0.4, -0.2) is 15.9 Å². The Morgan fingerprint density at radius 1 is 1.20 bits per heavy atom. The molecule has 0 fully saturated rings. The van der Waals surface area contributed by atoms with Gasteiger partial charge >= 0.3 is 0 Å². The number of hydrogen-bond donors (Lipinski definition) is 1. The lowest BCUT2D eigenvalue weighted by Gasteiger charge is -2.10. The summed E-state index contributed by atoms with van der Waals surface area (Å²) in [4.78, 5) is 4.42. The lowest BCUT2D eigenvalue weighted by Crippen LogP contribution is -2.01. The van der Waals surface area contributed by atoms with Crippen molar-refractivity contribution in [3.8, 4) is 5.75 Å². The lowest BCUT2D eigenvalue weighted by molar-refractivity contribution is 0.298. The van der Waals surface area contributed by atoms with Gasteiger partial charge in [-0.3, -0.25) is 4.98 Å². The first-order valence-electron chi connectivity index (χ1n) is 6.66. The molecule has 1 aliphatic carbocycles. The van der Waals surface area contributed by atoms with Crippen molar-refractivity contribution in [2.75, 3.05) is 0 Å². The molecule has 1 N–H and O–H groups in total. The van der Waals surface area contributed by atoms with Gasteiger partial charge in [0, 0.05) is 16.8 Å². The second-order valence-corrected chi connectivity index (χ2v) is 4.89. The van der Waals surface area contributed by atoms with Gasteiger partial charge in [-0.05, 0) is 38.0 Å². The summed E-state index contributed by atoms with van der Waals surface area (Å²) in [5.41, 5.74) is 4.74. The Labute approximate surface area is 117 Å². The maximum Gasteiger partial charge on any atom is 0.130 e. The number of rotatable bonds is 3. The Morgan fingerprint density at radius 3 is 2.85 bits per heavy atom. The minimum Gasteiger partial charge on any atom is -0.487 e. The van der Waals surface area contributed by atoms with Gasteiger partial charge in [0.05, 0.1) is 11.4 Å². The minimum atomic E-state index is 0.448. The smallest absolute Gasteiger partial charge is 0.130 e. The molecule has 0 atom stereocenters. The van der Waals surface area contributed by atoms with Gasteiger partial charge in [-0.2, -0.15) is 0 Å². The molecule has 1 heterocycles. The highest BCUT2D eigenvalue weighted by Crippen LogP contribution is 2.31. The van der Waals surface area contributed by atoms with E-state index in [2.05, 4.69) is 10.1 Å². The van der Waals surface area contributed by atoms with Crippen LogP contribution in [0, 0.1) is 6.92 Å². The highest BCUT2D eigenvalue weighted by atomic mass is 16.5. The molecule has 0 saturated carbocycles. The molecule has 4 nitrogen and oxygen atoms in total. The summed E-state index contributed by atoms with van der Waals surface area (Å²) in [5.74, 6) is 0.851. The Morgan fingerprint density at radius 2 is 2.05 bits per heavy atom. The molecule has 102 valence electrons. The van der Waals surface area contributed by atoms with Crippen molar-refractivity contribution in [3.63, 3.8) is 0 Å². The van der Waals surface area contributed by atoms with Crippen LogP contribution in [0.1, 0.15) is 28.9 Å². The molecule has 0 aliphatic heterocycles. The average molecular weight is 268 g/mol. The van der Waals surface area contributed by atoms with Crippen LogP contribution in [0.25, 0.3) is 0 Å². The molecule has 0 bridgehead atoms. The molecule has 1 aromatic carbocycles. The number of hydrogen-bond acceptors (Lipinski definition) is 4. The first-order chi connectivity index (χ1) is 9.78. The minimum absolute atomic E-state index is 0.448. The fourth-order valence-electron chi connectivity index (χ4n) is 2.54. The predicted molar refractivity (Wildman–Crippen MR) is 76.4 cm³/mol. The molecule has 0 spiro atoms. The fourth-order valence-corrected chi connectivity index (χ4v) is 2.54. The molecule has 0 amide bonds. The maximum atomic E-state index is 8.98. The molecule has 2 aromatic rings. The van der Waals surface area contributed by atoms with Gasteiger partial charge in [-0.1, -0.05) is 23.4 Å². The van der Waals surface area contributed by atoms with Crippen LogP contribution in [-0.2, 0) is 13.0 Å². The van der Waals surface area contributed by atoms with E-state index in [0.717, 1.165) is 46.8 Å². The van der Waals surface area contributed by atoms with Gasteiger partial charge in [0.15, 0.2) is 0 Å². The van der Waals surface area contributed by atoms with E-state index >= 15 is 0 Å². The zero-order chi connectivity index (χ0) is 13.9. The third-order valence-corrected chi connectivity index (χ3v) is 3.50. The molecule has 3 rings (SSSR count). The molecule has 20 heavy (non-hydrogen) atoms. The maximum absolute atomic E-state index is 8.98. The van der Waals surface area contributed by atoms with Crippen molar-refractivity contribution in [1.82, 2.24) is 4.98 Å². The first-order valence-corrected chi connectivity index (χ1v) is 6.66. The van der Waals surface area contributed by atoms with Crippen molar-refractivity contribution in [2.45, 2.75) is 26.4 Å². The summed E-state index contributed by atoms with van der Waals surface area (Å²) in [7, 11) is 0. The third kappa shape index (κ3) is 2.37. The molecule has 1 aromatic heterocycles. The van der Waals surface area contributed by atoms with E-state index in [1.54, 1.807) is 0 Å². The number of aryl methyl sites for hydroxylation is 1. The molecule has 0 radical (unpaired) electrons. The van der Waals surface area contributed by atoms with E-state index in [9.17, 15) is 0 Å². The predicted octanol–water partition coefficient (Wildman–Crippen LogP) is 3.09. The van der Waals surface area contributed by atoms with Crippen molar-refractivity contribution in [2.24, 2.45) is 5.16 Å². The Bertz CT molecular complexity index is 665. The Kier molecular flexibility index (Phi) is 3.37. The van der Waals surface area contributed by atoms with E-state index < -0.39 is 0 Å². The molecular formula is C16H16N2O2. The van der Waals surface area contributed by atoms with E-state index in [0.29, 0.717) is 6.61 Å². The normalized spacial score (nSPS) is 15.3. The van der Waals surface area contributed by atoms with Crippen molar-refractivity contribution in [3.05, 3.63) is 58.9 Å². The number of aromatic nitrogens is 1. The van der Waals surface area contributed by atoms with Crippen LogP contribution < -0.4 is 4.74 Å². The van der Waals surface area contributed by atoms with Gasteiger partial charge in [-0.15, -0.1) is 0 Å². The highest BCUT2D eigenvalue weighted by Gasteiger charge is 2.21. The number of pyridine rings is 1. The van der Waals surface area contributed by atoms with Gasteiger partial charge in [-0.25, -0.2) is 0 Å². The van der Waals surface area contributed by atoms with Crippen molar-refractivity contribution in [1.29, 1.82) is 0 Å². The second-order valence-electron chi connectivity index (χ2n) is 4.89. The standard InChI is InChI=1S/C16H16N2O2/c1-11-4-2-5-12(17-11)10-20-16-7-3-6-13-14(16)8-9-15(13)18-19/h2-7,19H,8-10H2,1H3. The quantitative estimate of drug-likeness (QED) is 0.687. The van der Waals surface area contributed by atoms with Crippen LogP contribution in [0.5, 0.6) is 5.75 Å². The highest BCUT2D eigenvalue weighted by molar-refractivity contribution is 6.04. The number of oxime groups is 1. The zero-order valence-corrected chi connectivity index (χ0v) is 11.3. The SMILES string of the molecule is Cc1cccc(COc2cccc3c2CCC3=NO)n1. The van der Waals surface area contributed by atoms with Crippen LogP contribution in [0.4, 0.5) is 0 Å². The van der Waals surface area contributed by atoms with Gasteiger partial charge in [0.2, 0.25) is 0 Å². The number of nitrogens with zero attached hydrogens (tertiary/aromatic N) is 2. The number of fused-ring (bicyclic) bond motifs is 1. The van der Waals surface area contributed by atoms with E-state index in [4.69, 9.17) is 9.94 Å². The zero-order valence-electron chi connectivity index (χ0n) is 11.3. The Hall–Kier alpha value is -2.36. The largest absolute Gasteiger partial charge is 0.487 e. The topological polar surface area (TPSA) is 54.7 Å². The van der Waals surface area contributed by atoms with Crippen LogP contribution in [0.3, 0.4) is 0 Å². The average Bonchev–Trinajstić information content (AvgIpc) is 2.89. The van der Waals surface area contributed by atoms with E-state index in [1.165, 1.54) is 0 Å². The summed E-state index contributed by atoms with van der Waals surface area (Å²) in [6.45, 7) is 2.41. The van der Waals surface area contributed by atoms with Crippen LogP contribution in [0.15, 0.2) is 41.6 Å².